The zero-order chi connectivity index (χ0) is 9.26. The number of pyridine rings is 1. The lowest BCUT2D eigenvalue weighted by Crippen LogP contribution is -2.17. The number of hydrogen-bond acceptors (Lipinski definition) is 2. The summed E-state index contributed by atoms with van der Waals surface area (Å²) < 4.78 is 1.04. The Morgan fingerprint density at radius 2 is 2.38 bits per heavy atom. The Labute approximate surface area is 86.9 Å². The summed E-state index contributed by atoms with van der Waals surface area (Å²) in [5.74, 6) is 0.857. The largest absolute Gasteiger partial charge is 0.308 e. The van der Waals surface area contributed by atoms with Gasteiger partial charge in [0.1, 0.15) is 0 Å². The Morgan fingerprint density at radius 1 is 1.62 bits per heavy atom. The van der Waals surface area contributed by atoms with E-state index in [1.807, 2.05) is 18.3 Å². The first kappa shape index (κ1) is 9.16. The molecular formula is C10H13BrN2. The number of halogens is 1. The van der Waals surface area contributed by atoms with Crippen LogP contribution in [0.25, 0.3) is 0 Å². The average Bonchev–Trinajstić information content (AvgIpc) is 2.81. The number of aromatic nitrogens is 1. The summed E-state index contributed by atoms with van der Waals surface area (Å²) in [6, 6.07) is 4.80. The topological polar surface area (TPSA) is 24.9 Å². The molecule has 2 unspecified atom stereocenters. The minimum absolute atomic E-state index is 0.727. The van der Waals surface area contributed by atoms with Crippen molar-refractivity contribution < 1.29 is 0 Å². The third-order valence-electron chi connectivity index (χ3n) is 2.44. The normalized spacial score (nSPS) is 26.0. The highest BCUT2D eigenvalue weighted by Gasteiger charge is 2.31. The van der Waals surface area contributed by atoms with Crippen molar-refractivity contribution in [2.24, 2.45) is 5.92 Å². The summed E-state index contributed by atoms with van der Waals surface area (Å²) in [6.45, 7) is 3.16. The summed E-state index contributed by atoms with van der Waals surface area (Å²) >= 11 is 3.36. The zero-order valence-electron chi connectivity index (χ0n) is 7.63. The van der Waals surface area contributed by atoms with Gasteiger partial charge in [0.05, 0.1) is 5.69 Å². The van der Waals surface area contributed by atoms with Gasteiger partial charge in [-0.1, -0.05) is 6.92 Å². The third kappa shape index (κ3) is 2.51. The van der Waals surface area contributed by atoms with Gasteiger partial charge < -0.3 is 5.32 Å². The van der Waals surface area contributed by atoms with E-state index in [-0.39, 0.29) is 0 Å². The predicted molar refractivity (Wildman–Crippen MR) is 56.3 cm³/mol. The quantitative estimate of drug-likeness (QED) is 0.878. The van der Waals surface area contributed by atoms with Crippen molar-refractivity contribution in [1.82, 2.24) is 10.3 Å². The fourth-order valence-electron chi connectivity index (χ4n) is 1.35. The van der Waals surface area contributed by atoms with E-state index in [0.717, 1.165) is 28.7 Å². The molecule has 1 aliphatic carbocycles. The van der Waals surface area contributed by atoms with Crippen LogP contribution in [0, 0.1) is 5.92 Å². The fraction of sp³-hybridized carbons (Fsp3) is 0.500. The lowest BCUT2D eigenvalue weighted by Gasteiger charge is -2.02. The van der Waals surface area contributed by atoms with Gasteiger partial charge in [-0.2, -0.15) is 0 Å². The molecule has 1 saturated carbocycles. The minimum Gasteiger partial charge on any atom is -0.308 e. The first-order valence-electron chi connectivity index (χ1n) is 4.59. The summed E-state index contributed by atoms with van der Waals surface area (Å²) in [4.78, 5) is 4.29. The molecule has 0 aliphatic heterocycles. The van der Waals surface area contributed by atoms with Gasteiger partial charge >= 0.3 is 0 Å². The van der Waals surface area contributed by atoms with Gasteiger partial charge in [0.15, 0.2) is 0 Å². The van der Waals surface area contributed by atoms with Crippen LogP contribution >= 0.6 is 15.9 Å². The second-order valence-corrected chi connectivity index (χ2v) is 4.58. The van der Waals surface area contributed by atoms with Crippen LogP contribution in [-0.4, -0.2) is 11.0 Å². The van der Waals surface area contributed by atoms with E-state index in [1.165, 1.54) is 6.42 Å². The van der Waals surface area contributed by atoms with E-state index in [2.05, 4.69) is 33.2 Å². The second-order valence-electron chi connectivity index (χ2n) is 3.67. The Hall–Kier alpha value is -0.410. The molecule has 0 saturated heterocycles. The SMILES string of the molecule is CC1CC1NCc1ccc(Br)cn1. The highest BCUT2D eigenvalue weighted by molar-refractivity contribution is 9.10. The second kappa shape index (κ2) is 3.76. The van der Waals surface area contributed by atoms with Crippen LogP contribution in [0.2, 0.25) is 0 Å². The van der Waals surface area contributed by atoms with Gasteiger partial charge in [0.2, 0.25) is 0 Å². The molecule has 2 atom stereocenters. The van der Waals surface area contributed by atoms with Crippen LogP contribution in [0.15, 0.2) is 22.8 Å². The van der Waals surface area contributed by atoms with Gasteiger partial charge in [0, 0.05) is 23.3 Å². The molecule has 0 aromatic carbocycles. The maximum Gasteiger partial charge on any atom is 0.0542 e. The minimum atomic E-state index is 0.727. The Bertz CT molecular complexity index is 283. The molecule has 2 rings (SSSR count). The van der Waals surface area contributed by atoms with Crippen LogP contribution in [-0.2, 0) is 6.54 Å². The van der Waals surface area contributed by atoms with E-state index in [0.29, 0.717) is 0 Å². The van der Waals surface area contributed by atoms with Crippen LogP contribution in [0.3, 0.4) is 0 Å². The molecule has 1 aliphatic rings. The van der Waals surface area contributed by atoms with Crippen LogP contribution in [0.4, 0.5) is 0 Å². The van der Waals surface area contributed by atoms with E-state index in [4.69, 9.17) is 0 Å². The van der Waals surface area contributed by atoms with Gasteiger partial charge in [-0.05, 0) is 40.4 Å². The van der Waals surface area contributed by atoms with E-state index in [1.54, 1.807) is 0 Å². The molecule has 3 heteroatoms. The summed E-state index contributed by atoms with van der Waals surface area (Å²) in [7, 11) is 0. The smallest absolute Gasteiger partial charge is 0.0542 e. The van der Waals surface area contributed by atoms with Gasteiger partial charge in [0.25, 0.3) is 0 Å². The zero-order valence-corrected chi connectivity index (χ0v) is 9.21. The van der Waals surface area contributed by atoms with Crippen LogP contribution in [0.1, 0.15) is 19.0 Å². The van der Waals surface area contributed by atoms with Crippen molar-refractivity contribution in [2.75, 3.05) is 0 Å². The molecule has 0 spiro atoms. The van der Waals surface area contributed by atoms with Gasteiger partial charge in [-0.25, -0.2) is 0 Å². The lowest BCUT2D eigenvalue weighted by molar-refractivity contribution is 0.642. The average molecular weight is 241 g/mol. The maximum absolute atomic E-state index is 4.29. The first-order chi connectivity index (χ1) is 6.25. The number of rotatable bonds is 3. The molecule has 13 heavy (non-hydrogen) atoms. The van der Waals surface area contributed by atoms with Crippen LogP contribution < -0.4 is 5.32 Å². The number of nitrogens with zero attached hydrogens (tertiary/aromatic N) is 1. The monoisotopic (exact) mass is 240 g/mol. The highest BCUT2D eigenvalue weighted by atomic mass is 79.9. The molecule has 1 aromatic heterocycles. The molecule has 1 N–H and O–H groups in total. The van der Waals surface area contributed by atoms with Crippen molar-refractivity contribution in [1.29, 1.82) is 0 Å². The molecule has 2 nitrogen and oxygen atoms in total. The number of hydrogen-bond donors (Lipinski definition) is 1. The van der Waals surface area contributed by atoms with Crippen molar-refractivity contribution in [2.45, 2.75) is 25.9 Å². The molecular weight excluding hydrogens is 228 g/mol. The van der Waals surface area contributed by atoms with Crippen molar-refractivity contribution in [3.05, 3.63) is 28.5 Å². The summed E-state index contributed by atoms with van der Waals surface area (Å²) in [5, 5.41) is 3.46. The molecule has 1 fully saturated rings. The summed E-state index contributed by atoms with van der Waals surface area (Å²) in [5.41, 5.74) is 1.11. The molecule has 1 aromatic rings. The van der Waals surface area contributed by atoms with Crippen molar-refractivity contribution >= 4 is 15.9 Å². The third-order valence-corrected chi connectivity index (χ3v) is 2.91. The first-order valence-corrected chi connectivity index (χ1v) is 5.39. The van der Waals surface area contributed by atoms with Gasteiger partial charge in [-0.3, -0.25) is 4.98 Å². The van der Waals surface area contributed by atoms with E-state index in [9.17, 15) is 0 Å². The molecule has 70 valence electrons. The number of nitrogens with one attached hydrogen (secondary N) is 1. The van der Waals surface area contributed by atoms with Crippen molar-refractivity contribution in [3.8, 4) is 0 Å². The Balaban J connectivity index is 1.84. The van der Waals surface area contributed by atoms with E-state index < -0.39 is 0 Å². The fourth-order valence-corrected chi connectivity index (χ4v) is 1.59. The van der Waals surface area contributed by atoms with E-state index >= 15 is 0 Å². The molecule has 1 heterocycles. The Kier molecular flexibility index (Phi) is 2.65. The molecule has 0 amide bonds. The predicted octanol–water partition coefficient (Wildman–Crippen LogP) is 2.34. The Morgan fingerprint density at radius 3 is 2.92 bits per heavy atom. The summed E-state index contributed by atoms with van der Waals surface area (Å²) in [6.07, 6.45) is 3.16. The highest BCUT2D eigenvalue weighted by Crippen LogP contribution is 2.29. The standard InChI is InChI=1S/C10H13BrN2/c1-7-4-10(7)13-6-9-3-2-8(11)5-12-9/h2-3,5,7,10,13H,4,6H2,1H3. The molecule has 0 bridgehead atoms. The van der Waals surface area contributed by atoms with Gasteiger partial charge in [-0.15, -0.1) is 0 Å². The molecule has 0 radical (unpaired) electrons. The lowest BCUT2D eigenvalue weighted by atomic mass is 10.3. The van der Waals surface area contributed by atoms with Crippen molar-refractivity contribution in [3.63, 3.8) is 0 Å². The van der Waals surface area contributed by atoms with Crippen LogP contribution in [0.5, 0.6) is 0 Å². The maximum atomic E-state index is 4.29.